The molecule has 0 unspecified atom stereocenters. The Morgan fingerprint density at radius 2 is 2.15 bits per heavy atom. The molecule has 0 aliphatic carbocycles. The van der Waals surface area contributed by atoms with Crippen molar-refractivity contribution in [2.45, 2.75) is 13.3 Å². The Kier molecular flexibility index (Phi) is 6.33. The van der Waals surface area contributed by atoms with Gasteiger partial charge >= 0.3 is 0 Å². The monoisotopic (exact) mass is 315 g/mol. The van der Waals surface area contributed by atoms with Crippen LogP contribution in [0.1, 0.15) is 23.7 Å². The van der Waals surface area contributed by atoms with Gasteiger partial charge in [-0.3, -0.25) is 14.9 Å². The van der Waals surface area contributed by atoms with E-state index in [1.54, 1.807) is 0 Å². The van der Waals surface area contributed by atoms with Gasteiger partial charge in [-0.25, -0.2) is 0 Å². The van der Waals surface area contributed by atoms with Crippen LogP contribution in [0.4, 0.5) is 5.69 Å². The second-order valence-electron chi connectivity index (χ2n) is 3.88. The van der Waals surface area contributed by atoms with Crippen LogP contribution in [-0.4, -0.2) is 28.9 Å². The Labute approximate surface area is 126 Å². The first-order valence-electron chi connectivity index (χ1n) is 5.94. The Balaban J connectivity index is 2.70. The van der Waals surface area contributed by atoms with E-state index >= 15 is 0 Å². The predicted molar refractivity (Wildman–Crippen MR) is 81.3 cm³/mol. The summed E-state index contributed by atoms with van der Waals surface area (Å²) >= 11 is 10.7. The third kappa shape index (κ3) is 4.75. The number of hydrogen-bond donors (Lipinski definition) is 2. The first-order chi connectivity index (χ1) is 9.45. The molecule has 1 rings (SSSR count). The topological polar surface area (TPSA) is 84.3 Å². The molecule has 0 fully saturated rings. The molecule has 20 heavy (non-hydrogen) atoms. The van der Waals surface area contributed by atoms with Crippen molar-refractivity contribution in [2.75, 3.05) is 13.1 Å². The van der Waals surface area contributed by atoms with Crippen LogP contribution in [0.5, 0.6) is 0 Å². The van der Waals surface area contributed by atoms with Crippen LogP contribution in [0.25, 0.3) is 0 Å². The van der Waals surface area contributed by atoms with E-state index < -0.39 is 4.92 Å². The Morgan fingerprint density at radius 1 is 1.45 bits per heavy atom. The lowest BCUT2D eigenvalue weighted by atomic mass is 10.1. The SMILES string of the molecule is CCNC(=S)NCCC(=O)c1cc(Cl)ccc1[N+](=O)[O-]. The summed E-state index contributed by atoms with van der Waals surface area (Å²) in [6.07, 6.45) is 0.0900. The van der Waals surface area contributed by atoms with Crippen molar-refractivity contribution in [2.24, 2.45) is 0 Å². The number of rotatable bonds is 6. The molecule has 0 bridgehead atoms. The highest BCUT2D eigenvalue weighted by molar-refractivity contribution is 7.80. The molecule has 2 N–H and O–H groups in total. The average molecular weight is 316 g/mol. The molecule has 0 saturated carbocycles. The van der Waals surface area contributed by atoms with Gasteiger partial charge in [-0.15, -0.1) is 0 Å². The van der Waals surface area contributed by atoms with Crippen LogP contribution in [0.2, 0.25) is 5.02 Å². The van der Waals surface area contributed by atoms with Gasteiger partial charge in [-0.05, 0) is 31.3 Å². The molecule has 8 heteroatoms. The number of hydrogen-bond acceptors (Lipinski definition) is 4. The van der Waals surface area contributed by atoms with E-state index in [-0.39, 0.29) is 28.5 Å². The first kappa shape index (κ1) is 16.3. The number of nitro benzene ring substituents is 1. The molecule has 108 valence electrons. The van der Waals surface area contributed by atoms with Gasteiger partial charge in [0.2, 0.25) is 0 Å². The van der Waals surface area contributed by atoms with E-state index in [9.17, 15) is 14.9 Å². The number of nitrogens with zero attached hydrogens (tertiary/aromatic N) is 1. The maximum atomic E-state index is 12.0. The summed E-state index contributed by atoms with van der Waals surface area (Å²) in [6.45, 7) is 2.88. The fourth-order valence-electron chi connectivity index (χ4n) is 1.54. The molecule has 0 radical (unpaired) electrons. The maximum absolute atomic E-state index is 12.0. The van der Waals surface area contributed by atoms with E-state index in [1.165, 1.54) is 18.2 Å². The highest BCUT2D eigenvalue weighted by atomic mass is 35.5. The molecule has 6 nitrogen and oxygen atoms in total. The first-order valence-corrected chi connectivity index (χ1v) is 6.73. The molecule has 0 heterocycles. The summed E-state index contributed by atoms with van der Waals surface area (Å²) < 4.78 is 0. The minimum Gasteiger partial charge on any atom is -0.363 e. The average Bonchev–Trinajstić information content (AvgIpc) is 2.38. The summed E-state index contributed by atoms with van der Waals surface area (Å²) in [5, 5.41) is 17.3. The molecule has 0 aromatic heterocycles. The number of benzene rings is 1. The van der Waals surface area contributed by atoms with Crippen molar-refractivity contribution in [1.82, 2.24) is 10.6 Å². The van der Waals surface area contributed by atoms with Crippen LogP contribution < -0.4 is 10.6 Å². The smallest absolute Gasteiger partial charge is 0.280 e. The summed E-state index contributed by atoms with van der Waals surface area (Å²) in [5.74, 6) is -0.356. The second-order valence-corrected chi connectivity index (χ2v) is 4.72. The van der Waals surface area contributed by atoms with Crippen LogP contribution >= 0.6 is 23.8 Å². The van der Waals surface area contributed by atoms with E-state index in [0.717, 1.165) is 0 Å². The van der Waals surface area contributed by atoms with Crippen LogP contribution in [0, 0.1) is 10.1 Å². The zero-order chi connectivity index (χ0) is 15.1. The maximum Gasteiger partial charge on any atom is 0.280 e. The van der Waals surface area contributed by atoms with Crippen LogP contribution in [-0.2, 0) is 0 Å². The van der Waals surface area contributed by atoms with Crippen molar-refractivity contribution < 1.29 is 9.72 Å². The van der Waals surface area contributed by atoms with Gasteiger partial charge < -0.3 is 10.6 Å². The van der Waals surface area contributed by atoms with E-state index in [0.29, 0.717) is 18.2 Å². The van der Waals surface area contributed by atoms with Crippen molar-refractivity contribution in [3.8, 4) is 0 Å². The summed E-state index contributed by atoms with van der Waals surface area (Å²) in [5.41, 5.74) is -0.229. The standard InChI is InChI=1S/C12H14ClN3O3S/c1-2-14-12(20)15-6-5-11(17)9-7-8(13)3-4-10(9)16(18)19/h3-4,7H,2,5-6H2,1H3,(H2,14,15,20). The number of Topliss-reactive ketones (excluding diaryl/α,β-unsaturated/α-hetero) is 1. The number of nitro groups is 1. The van der Waals surface area contributed by atoms with Gasteiger partial charge in [0.15, 0.2) is 10.9 Å². The highest BCUT2D eigenvalue weighted by Gasteiger charge is 2.19. The summed E-state index contributed by atoms with van der Waals surface area (Å²) in [4.78, 5) is 22.3. The molecule has 1 aromatic carbocycles. The molecule has 0 atom stereocenters. The number of thiocarbonyl (C=S) groups is 1. The lowest BCUT2D eigenvalue weighted by Gasteiger charge is -2.08. The molecule has 0 saturated heterocycles. The zero-order valence-corrected chi connectivity index (χ0v) is 12.4. The largest absolute Gasteiger partial charge is 0.363 e. The van der Waals surface area contributed by atoms with Gasteiger partial charge in [0.1, 0.15) is 0 Å². The van der Waals surface area contributed by atoms with Gasteiger partial charge in [0.05, 0.1) is 10.5 Å². The lowest BCUT2D eigenvalue weighted by molar-refractivity contribution is -0.385. The van der Waals surface area contributed by atoms with Crippen molar-refractivity contribution in [3.05, 3.63) is 38.9 Å². The van der Waals surface area contributed by atoms with Crippen molar-refractivity contribution >= 4 is 40.4 Å². The Morgan fingerprint density at radius 3 is 2.75 bits per heavy atom. The fourth-order valence-corrected chi connectivity index (χ4v) is 1.96. The highest BCUT2D eigenvalue weighted by Crippen LogP contribution is 2.23. The molecule has 0 aliphatic heterocycles. The summed E-state index contributed by atoms with van der Waals surface area (Å²) in [7, 11) is 0. The number of carbonyl (C=O) groups excluding carboxylic acids is 1. The van der Waals surface area contributed by atoms with Gasteiger partial charge in [-0.1, -0.05) is 11.6 Å². The normalized spacial score (nSPS) is 9.90. The van der Waals surface area contributed by atoms with Crippen LogP contribution in [0.15, 0.2) is 18.2 Å². The number of carbonyl (C=O) groups is 1. The van der Waals surface area contributed by atoms with Crippen molar-refractivity contribution in [1.29, 1.82) is 0 Å². The minimum atomic E-state index is -0.597. The van der Waals surface area contributed by atoms with Crippen LogP contribution in [0.3, 0.4) is 0 Å². The minimum absolute atomic E-state index is 0.0127. The summed E-state index contributed by atoms with van der Waals surface area (Å²) in [6, 6.07) is 3.92. The molecule has 0 spiro atoms. The number of ketones is 1. The molecule has 1 aromatic rings. The predicted octanol–water partition coefficient (Wildman–Crippen LogP) is 2.31. The Hall–Kier alpha value is -1.73. The molecule has 0 aliphatic rings. The second kappa shape index (κ2) is 7.76. The molecular weight excluding hydrogens is 302 g/mol. The van der Waals surface area contributed by atoms with E-state index in [4.69, 9.17) is 23.8 Å². The quantitative estimate of drug-likeness (QED) is 0.363. The number of nitrogens with one attached hydrogen (secondary N) is 2. The lowest BCUT2D eigenvalue weighted by Crippen LogP contribution is -2.36. The van der Waals surface area contributed by atoms with Gasteiger partial charge in [0, 0.05) is 30.6 Å². The fraction of sp³-hybridized carbons (Fsp3) is 0.333. The zero-order valence-electron chi connectivity index (χ0n) is 10.8. The van der Waals surface area contributed by atoms with E-state index in [1.807, 2.05) is 6.92 Å². The Bertz CT molecular complexity index is 537. The molecule has 0 amide bonds. The third-order valence-electron chi connectivity index (χ3n) is 2.43. The number of halogens is 1. The van der Waals surface area contributed by atoms with E-state index in [2.05, 4.69) is 10.6 Å². The van der Waals surface area contributed by atoms with Gasteiger partial charge in [0.25, 0.3) is 5.69 Å². The van der Waals surface area contributed by atoms with Crippen molar-refractivity contribution in [3.63, 3.8) is 0 Å². The molecular formula is C12H14ClN3O3S. The van der Waals surface area contributed by atoms with Gasteiger partial charge in [-0.2, -0.15) is 0 Å². The third-order valence-corrected chi connectivity index (χ3v) is 2.95.